The van der Waals surface area contributed by atoms with Gasteiger partial charge in [-0.25, -0.2) is 0 Å². The molecular formula is C42H70N4O13. The minimum absolute atomic E-state index is 0.0593. The normalized spacial score (nSPS) is 39.7. The number of ether oxygens (including phenoxy) is 7. The molecular weight excluding hydrogens is 768 g/mol. The molecule has 1 aromatic heterocycles. The minimum atomic E-state index is -1.20. The molecule has 59 heavy (non-hydrogen) atoms. The zero-order chi connectivity index (χ0) is 43.6. The van der Waals surface area contributed by atoms with Crippen LogP contribution in [0.4, 0.5) is 0 Å². The molecule has 0 aromatic carbocycles. The van der Waals surface area contributed by atoms with Crippen molar-refractivity contribution in [1.29, 1.82) is 0 Å². The van der Waals surface area contributed by atoms with E-state index in [2.05, 4.69) is 10.3 Å². The van der Waals surface area contributed by atoms with Gasteiger partial charge in [0.15, 0.2) is 18.4 Å². The van der Waals surface area contributed by atoms with Gasteiger partial charge in [-0.1, -0.05) is 43.7 Å². The van der Waals surface area contributed by atoms with Crippen molar-refractivity contribution >= 4 is 11.8 Å². The lowest BCUT2D eigenvalue weighted by Crippen LogP contribution is -2.63. The summed E-state index contributed by atoms with van der Waals surface area (Å²) < 4.78 is 44.2. The molecule has 2 saturated heterocycles. The second kappa shape index (κ2) is 23.0. The number of methoxy groups -OCH3 is 2. The van der Waals surface area contributed by atoms with Crippen LogP contribution in [0.1, 0.15) is 79.3 Å². The standard InChI is InChI=1S/C42H70N4O13/c1-11-32-29(22-55-42-40(54-10)39(53-9)36(51)27(6)57-42)18-23(2)12-14-31(48)25(4)19-28(16-17-46-20-30(21-47)43-44-46)38(24(3)13-15-33(49)58-32)59-41-37(52)34(45(7)8)35(50)26(5)56-41/h12,14,18,20,24-29,32,34-42,47,50-52H,11,13,15-17,19,21-22H2,1-10H3/b14-12+,23-18+/t24-,25+,26+,27?,28-,29+,32+,34?,35?,36?,37?,38+,39?,40?,41-,42?/m0/s1. The minimum Gasteiger partial charge on any atom is -0.462 e. The highest BCUT2D eigenvalue weighted by molar-refractivity contribution is 5.91. The number of carbonyl (C=O) groups excluding carboxylic acids is 2. The first-order valence-corrected chi connectivity index (χ1v) is 21.0. The predicted octanol–water partition coefficient (Wildman–Crippen LogP) is 2.18. The number of carbonyl (C=O) groups is 2. The summed E-state index contributed by atoms with van der Waals surface area (Å²) in [5.41, 5.74) is 1.19. The molecule has 0 spiro atoms. The Bertz CT molecular complexity index is 1520. The summed E-state index contributed by atoms with van der Waals surface area (Å²) in [4.78, 5) is 29.3. The second-order valence-corrected chi connectivity index (χ2v) is 16.8. The molecule has 4 rings (SSSR count). The fraction of sp³-hybridized carbons (Fsp3) is 0.810. The van der Waals surface area contributed by atoms with Crippen LogP contribution in [0.3, 0.4) is 0 Å². The second-order valence-electron chi connectivity index (χ2n) is 16.8. The molecule has 336 valence electrons. The van der Waals surface area contributed by atoms with Crippen LogP contribution >= 0.6 is 0 Å². The lowest BCUT2D eigenvalue weighted by Gasteiger charge is -2.46. The molecule has 1 aromatic rings. The van der Waals surface area contributed by atoms with E-state index in [1.807, 2.05) is 33.8 Å². The van der Waals surface area contributed by atoms with Crippen molar-refractivity contribution in [3.05, 3.63) is 35.7 Å². The quantitative estimate of drug-likeness (QED) is 0.210. The van der Waals surface area contributed by atoms with E-state index in [-0.39, 0.29) is 37.3 Å². The van der Waals surface area contributed by atoms with Gasteiger partial charge in [-0.2, -0.15) is 0 Å². The first kappa shape index (κ1) is 49.0. The third-order valence-electron chi connectivity index (χ3n) is 12.1. The number of likely N-dealkylation sites (N-methyl/N-ethyl adjacent to an activating group) is 1. The van der Waals surface area contributed by atoms with Gasteiger partial charge in [-0.15, -0.1) is 5.10 Å². The highest BCUT2D eigenvalue weighted by atomic mass is 16.7. The lowest BCUT2D eigenvalue weighted by atomic mass is 9.80. The number of aryl methyl sites for hydroxylation is 1. The number of aliphatic hydroxyl groups is 4. The van der Waals surface area contributed by atoms with E-state index >= 15 is 0 Å². The Balaban J connectivity index is 1.66. The highest BCUT2D eigenvalue weighted by Gasteiger charge is 2.47. The first-order valence-electron chi connectivity index (χ1n) is 21.0. The smallest absolute Gasteiger partial charge is 0.306 e. The third-order valence-corrected chi connectivity index (χ3v) is 12.1. The molecule has 0 aliphatic carbocycles. The van der Waals surface area contributed by atoms with Gasteiger partial charge >= 0.3 is 5.97 Å². The Hall–Kier alpha value is -2.68. The van der Waals surface area contributed by atoms with E-state index in [9.17, 15) is 30.0 Å². The van der Waals surface area contributed by atoms with E-state index in [0.717, 1.165) is 5.57 Å². The maximum absolute atomic E-state index is 13.8. The van der Waals surface area contributed by atoms with Crippen molar-refractivity contribution in [2.75, 3.05) is 34.9 Å². The van der Waals surface area contributed by atoms with Crippen molar-refractivity contribution in [3.63, 3.8) is 0 Å². The molecule has 0 bridgehead atoms. The Labute approximate surface area is 348 Å². The maximum Gasteiger partial charge on any atom is 0.306 e. The number of allylic oxidation sites excluding steroid dienone is 3. The summed E-state index contributed by atoms with van der Waals surface area (Å²) >= 11 is 0. The van der Waals surface area contributed by atoms with Crippen LogP contribution in [-0.2, 0) is 55.9 Å². The summed E-state index contributed by atoms with van der Waals surface area (Å²) in [6.07, 6.45) is -0.261. The Morgan fingerprint density at radius 2 is 1.61 bits per heavy atom. The van der Waals surface area contributed by atoms with Crippen LogP contribution in [0.5, 0.6) is 0 Å². The molecule has 16 atom stereocenters. The largest absolute Gasteiger partial charge is 0.462 e. The average molecular weight is 839 g/mol. The first-order chi connectivity index (χ1) is 28.0. The lowest BCUT2D eigenvalue weighted by molar-refractivity contribution is -0.304. The van der Waals surface area contributed by atoms with Gasteiger partial charge in [0.25, 0.3) is 0 Å². The van der Waals surface area contributed by atoms with Gasteiger partial charge in [0.1, 0.15) is 36.2 Å². The number of esters is 1. The molecule has 0 amide bonds. The van der Waals surface area contributed by atoms with Gasteiger partial charge in [0.05, 0.1) is 49.9 Å². The van der Waals surface area contributed by atoms with Crippen LogP contribution in [0.25, 0.3) is 0 Å². The third kappa shape index (κ3) is 12.9. The topological polar surface area (TPSA) is 214 Å². The zero-order valence-electron chi connectivity index (χ0n) is 36.5. The van der Waals surface area contributed by atoms with E-state index in [4.69, 9.17) is 33.2 Å². The van der Waals surface area contributed by atoms with Crippen LogP contribution in [0.15, 0.2) is 30.0 Å². The molecule has 4 heterocycles. The molecule has 3 aliphatic heterocycles. The zero-order valence-corrected chi connectivity index (χ0v) is 36.5. The molecule has 17 heteroatoms. The van der Waals surface area contributed by atoms with Crippen LogP contribution in [-0.4, -0.2) is 161 Å². The number of hydrogen-bond acceptors (Lipinski definition) is 16. The number of rotatable bonds is 13. The van der Waals surface area contributed by atoms with Crippen molar-refractivity contribution in [3.8, 4) is 0 Å². The van der Waals surface area contributed by atoms with E-state index in [1.54, 1.807) is 55.9 Å². The number of cyclic esters (lactones) is 1. The molecule has 4 N–H and O–H groups in total. The molecule has 2 fully saturated rings. The fourth-order valence-electron chi connectivity index (χ4n) is 8.50. The summed E-state index contributed by atoms with van der Waals surface area (Å²) in [5, 5.41) is 50.9. The summed E-state index contributed by atoms with van der Waals surface area (Å²) in [6, 6.07) is -0.669. The number of nitrogens with zero attached hydrogens (tertiary/aromatic N) is 4. The molecule has 0 saturated carbocycles. The average Bonchev–Trinajstić information content (AvgIpc) is 3.67. The highest BCUT2D eigenvalue weighted by Crippen LogP contribution is 2.35. The Morgan fingerprint density at radius 3 is 2.24 bits per heavy atom. The van der Waals surface area contributed by atoms with Gasteiger partial charge < -0.3 is 58.5 Å². The van der Waals surface area contributed by atoms with Crippen molar-refractivity contribution in [2.45, 2.75) is 160 Å². The van der Waals surface area contributed by atoms with Crippen LogP contribution in [0, 0.1) is 23.7 Å². The van der Waals surface area contributed by atoms with E-state index in [1.165, 1.54) is 14.2 Å². The maximum atomic E-state index is 13.8. The number of aliphatic hydroxyl groups excluding tert-OH is 4. The fourth-order valence-corrected chi connectivity index (χ4v) is 8.50. The predicted molar refractivity (Wildman–Crippen MR) is 214 cm³/mol. The van der Waals surface area contributed by atoms with Gasteiger partial charge in [0, 0.05) is 39.0 Å². The number of ketones is 1. The van der Waals surface area contributed by atoms with Crippen LogP contribution < -0.4 is 0 Å². The van der Waals surface area contributed by atoms with Crippen molar-refractivity contribution in [2.24, 2.45) is 23.7 Å². The van der Waals surface area contributed by atoms with Gasteiger partial charge in [-0.05, 0) is 78.5 Å². The molecule has 3 aliphatic rings. The van der Waals surface area contributed by atoms with Crippen LogP contribution in [0.2, 0.25) is 0 Å². The summed E-state index contributed by atoms with van der Waals surface area (Å²) in [7, 11) is 6.53. The molecule has 0 radical (unpaired) electrons. The number of hydrogen-bond donors (Lipinski definition) is 4. The molecule has 17 nitrogen and oxygen atoms in total. The summed E-state index contributed by atoms with van der Waals surface area (Å²) in [6.45, 7) is 11.3. The Kier molecular flexibility index (Phi) is 19.1. The Morgan fingerprint density at radius 1 is 0.932 bits per heavy atom. The van der Waals surface area contributed by atoms with E-state index < -0.39 is 91.4 Å². The van der Waals surface area contributed by atoms with Crippen molar-refractivity contribution < 1.29 is 63.2 Å². The van der Waals surface area contributed by atoms with Gasteiger partial charge in [0.2, 0.25) is 0 Å². The van der Waals surface area contributed by atoms with Crippen molar-refractivity contribution in [1.82, 2.24) is 19.9 Å². The number of aromatic nitrogens is 3. The molecule has 8 unspecified atom stereocenters. The SMILES string of the molecule is CC[C@H]1OC(=O)CC[C@H](C)[C@@H](O[C@@H]2O[C@H](C)C(O)C(N(C)C)C2O)[C@@H](CCn2cc(CO)nn2)C[C@@H](C)C(=O)/C=C/C(C)=C/[C@@H]1COC1OC(C)C(O)C(OC)C1OC. The van der Waals surface area contributed by atoms with E-state index in [0.29, 0.717) is 37.9 Å². The summed E-state index contributed by atoms with van der Waals surface area (Å²) in [5.74, 6) is -1.96. The van der Waals surface area contributed by atoms with Gasteiger partial charge in [-0.3, -0.25) is 14.3 Å². The monoisotopic (exact) mass is 838 g/mol.